The normalized spacial score (nSPS) is 12.5. The summed E-state index contributed by atoms with van der Waals surface area (Å²) >= 11 is 0. The van der Waals surface area contributed by atoms with E-state index < -0.39 is 0 Å². The molecule has 0 spiro atoms. The van der Waals surface area contributed by atoms with Crippen LogP contribution in [0.5, 0.6) is 0 Å². The van der Waals surface area contributed by atoms with Crippen molar-refractivity contribution in [2.75, 3.05) is 0 Å². The van der Waals surface area contributed by atoms with Gasteiger partial charge in [0.05, 0.1) is 34.9 Å². The Hall–Kier alpha value is -3.99. The van der Waals surface area contributed by atoms with Gasteiger partial charge in [-0.1, -0.05) is 0 Å². The zero-order valence-corrected chi connectivity index (χ0v) is 16.2. The van der Waals surface area contributed by atoms with Gasteiger partial charge in [0.2, 0.25) is 5.95 Å². The lowest BCUT2D eigenvalue weighted by Crippen LogP contribution is -2.10. The summed E-state index contributed by atoms with van der Waals surface area (Å²) in [5.74, 6) is 3.01. The molecule has 0 saturated heterocycles. The van der Waals surface area contributed by atoms with Gasteiger partial charge in [-0.25, -0.2) is 15.0 Å². The Morgan fingerprint density at radius 3 is 2.69 bits per heavy atom. The number of aryl methyl sites for hydroxylation is 2. The standard InChI is InChI=1S/C21H17N7O/c1-12-4-7-19(29-12)13(2)28-14(3)25-17-10-23-21(26-20(17)28)27-11-24-16-6-5-15(9-22)8-18(16)27/h4-8,10-11,13H,1-3H3/t13-/m1/s1. The average Bonchev–Trinajstić information content (AvgIpc) is 3.42. The summed E-state index contributed by atoms with van der Waals surface area (Å²) in [4.78, 5) is 18.3. The molecule has 8 nitrogen and oxygen atoms in total. The number of nitriles is 1. The van der Waals surface area contributed by atoms with Gasteiger partial charge in [0.25, 0.3) is 0 Å². The zero-order chi connectivity index (χ0) is 20.1. The van der Waals surface area contributed by atoms with E-state index in [1.54, 1.807) is 29.2 Å². The molecule has 142 valence electrons. The Labute approximate surface area is 166 Å². The molecule has 0 radical (unpaired) electrons. The molecule has 0 N–H and O–H groups in total. The van der Waals surface area contributed by atoms with Gasteiger partial charge in [0.15, 0.2) is 5.65 Å². The van der Waals surface area contributed by atoms with Gasteiger partial charge in [-0.2, -0.15) is 10.2 Å². The molecule has 8 heteroatoms. The molecule has 4 heterocycles. The van der Waals surface area contributed by atoms with Crippen molar-refractivity contribution in [3.8, 4) is 12.0 Å². The fraction of sp³-hybridized carbons (Fsp3) is 0.190. The number of aromatic nitrogens is 6. The van der Waals surface area contributed by atoms with E-state index in [0.717, 1.165) is 28.4 Å². The van der Waals surface area contributed by atoms with Gasteiger partial charge >= 0.3 is 0 Å². The zero-order valence-electron chi connectivity index (χ0n) is 16.2. The number of hydrogen-bond acceptors (Lipinski definition) is 6. The summed E-state index contributed by atoms with van der Waals surface area (Å²) in [5.41, 5.74) is 3.54. The minimum Gasteiger partial charge on any atom is -0.464 e. The summed E-state index contributed by atoms with van der Waals surface area (Å²) in [6, 6.07) is 11.4. The SMILES string of the molecule is Cc1ccc([C@@H](C)n2c(C)nc3cnc(-n4cnc5ccc(C#N)cc54)nc32)o1. The fourth-order valence-electron chi connectivity index (χ4n) is 3.62. The Morgan fingerprint density at radius 2 is 1.93 bits per heavy atom. The van der Waals surface area contributed by atoms with Crippen LogP contribution in [0, 0.1) is 25.2 Å². The lowest BCUT2D eigenvalue weighted by atomic mass is 10.2. The van der Waals surface area contributed by atoms with Crippen LogP contribution in [0.15, 0.2) is 47.3 Å². The number of benzene rings is 1. The van der Waals surface area contributed by atoms with E-state index in [2.05, 4.69) is 27.9 Å². The molecule has 5 rings (SSSR count). The molecule has 0 amide bonds. The lowest BCUT2D eigenvalue weighted by Gasteiger charge is -2.13. The maximum Gasteiger partial charge on any atom is 0.237 e. The van der Waals surface area contributed by atoms with E-state index in [0.29, 0.717) is 22.7 Å². The van der Waals surface area contributed by atoms with Gasteiger partial charge < -0.3 is 8.98 Å². The highest BCUT2D eigenvalue weighted by atomic mass is 16.3. The van der Waals surface area contributed by atoms with Crippen LogP contribution in [0.1, 0.15) is 35.9 Å². The molecular weight excluding hydrogens is 366 g/mol. The first-order valence-corrected chi connectivity index (χ1v) is 9.20. The number of rotatable bonds is 3. The fourth-order valence-corrected chi connectivity index (χ4v) is 3.62. The van der Waals surface area contributed by atoms with Crippen LogP contribution in [-0.4, -0.2) is 29.1 Å². The second-order valence-electron chi connectivity index (χ2n) is 6.96. The quantitative estimate of drug-likeness (QED) is 0.469. The Balaban J connectivity index is 1.69. The molecule has 0 aliphatic carbocycles. The van der Waals surface area contributed by atoms with Crippen molar-refractivity contribution in [1.29, 1.82) is 5.26 Å². The van der Waals surface area contributed by atoms with Crippen molar-refractivity contribution in [2.24, 2.45) is 0 Å². The van der Waals surface area contributed by atoms with E-state index in [1.165, 1.54) is 0 Å². The van der Waals surface area contributed by atoms with E-state index in [1.807, 2.05) is 36.6 Å². The van der Waals surface area contributed by atoms with E-state index >= 15 is 0 Å². The minimum absolute atomic E-state index is 0.0684. The first-order valence-electron chi connectivity index (χ1n) is 9.20. The van der Waals surface area contributed by atoms with Crippen LogP contribution < -0.4 is 0 Å². The second-order valence-corrected chi connectivity index (χ2v) is 6.96. The molecule has 0 aliphatic heterocycles. The number of hydrogen-bond donors (Lipinski definition) is 0. The highest BCUT2D eigenvalue weighted by Gasteiger charge is 2.20. The smallest absolute Gasteiger partial charge is 0.237 e. The molecule has 0 bridgehead atoms. The summed E-state index contributed by atoms with van der Waals surface area (Å²) in [6.07, 6.45) is 3.38. The number of imidazole rings is 2. The van der Waals surface area contributed by atoms with Crippen LogP contribution >= 0.6 is 0 Å². The highest BCUT2D eigenvalue weighted by Crippen LogP contribution is 2.27. The molecule has 1 atom stereocenters. The molecule has 0 aliphatic rings. The summed E-state index contributed by atoms with van der Waals surface area (Å²) in [6.45, 7) is 5.93. The first kappa shape index (κ1) is 17.1. The van der Waals surface area contributed by atoms with Crippen LogP contribution in [0.3, 0.4) is 0 Å². The van der Waals surface area contributed by atoms with E-state index in [-0.39, 0.29) is 6.04 Å². The van der Waals surface area contributed by atoms with Crippen LogP contribution in [0.2, 0.25) is 0 Å². The van der Waals surface area contributed by atoms with Gasteiger partial charge in [-0.3, -0.25) is 4.57 Å². The van der Waals surface area contributed by atoms with Crippen molar-refractivity contribution < 1.29 is 4.42 Å². The van der Waals surface area contributed by atoms with Crippen molar-refractivity contribution >= 4 is 22.2 Å². The number of fused-ring (bicyclic) bond motifs is 2. The third-order valence-electron chi connectivity index (χ3n) is 5.05. The molecule has 0 fully saturated rings. The predicted molar refractivity (Wildman–Crippen MR) is 107 cm³/mol. The number of furan rings is 1. The summed E-state index contributed by atoms with van der Waals surface area (Å²) < 4.78 is 9.64. The number of nitrogens with zero attached hydrogens (tertiary/aromatic N) is 7. The molecule has 0 unspecified atom stereocenters. The van der Waals surface area contributed by atoms with Crippen molar-refractivity contribution in [3.63, 3.8) is 0 Å². The maximum absolute atomic E-state index is 9.22. The third kappa shape index (κ3) is 2.67. The predicted octanol–water partition coefficient (Wildman–Crippen LogP) is 3.86. The van der Waals surface area contributed by atoms with E-state index in [9.17, 15) is 5.26 Å². The molecule has 1 aromatic carbocycles. The lowest BCUT2D eigenvalue weighted by molar-refractivity contribution is 0.429. The van der Waals surface area contributed by atoms with Gasteiger partial charge in [-0.05, 0) is 51.1 Å². The highest BCUT2D eigenvalue weighted by molar-refractivity contribution is 5.79. The third-order valence-corrected chi connectivity index (χ3v) is 5.05. The Morgan fingerprint density at radius 1 is 1.07 bits per heavy atom. The first-order chi connectivity index (χ1) is 14.0. The topological polar surface area (TPSA) is 98.3 Å². The monoisotopic (exact) mass is 383 g/mol. The Bertz CT molecular complexity index is 1420. The van der Waals surface area contributed by atoms with Crippen molar-refractivity contribution in [2.45, 2.75) is 26.8 Å². The van der Waals surface area contributed by atoms with Gasteiger partial charge in [0.1, 0.15) is 29.2 Å². The molecule has 0 saturated carbocycles. The maximum atomic E-state index is 9.22. The second kappa shape index (κ2) is 6.27. The van der Waals surface area contributed by atoms with Gasteiger partial charge in [0, 0.05) is 0 Å². The molecular formula is C21H17N7O. The molecule has 29 heavy (non-hydrogen) atoms. The van der Waals surface area contributed by atoms with Crippen molar-refractivity contribution in [1.82, 2.24) is 29.1 Å². The summed E-state index contributed by atoms with van der Waals surface area (Å²) in [7, 11) is 0. The van der Waals surface area contributed by atoms with Gasteiger partial charge in [-0.15, -0.1) is 0 Å². The molecule has 4 aromatic heterocycles. The van der Waals surface area contributed by atoms with E-state index in [4.69, 9.17) is 9.40 Å². The van der Waals surface area contributed by atoms with Crippen LogP contribution in [0.4, 0.5) is 0 Å². The summed E-state index contributed by atoms with van der Waals surface area (Å²) in [5, 5.41) is 9.22. The average molecular weight is 383 g/mol. The van der Waals surface area contributed by atoms with Crippen LogP contribution in [-0.2, 0) is 0 Å². The minimum atomic E-state index is -0.0684. The molecule has 5 aromatic rings. The largest absolute Gasteiger partial charge is 0.464 e. The van der Waals surface area contributed by atoms with Crippen LogP contribution in [0.25, 0.3) is 28.1 Å². The van der Waals surface area contributed by atoms with Crippen molar-refractivity contribution in [3.05, 3.63) is 65.8 Å². The Kier molecular flexibility index (Phi) is 3.71.